The standard InChI is InChI=1S/C22H24ClN3O3S2/c1-13-10-14(2)12-26(11-13)31(28,29)17-6-4-16(5-7-17)21(27)25-22-24-20-15(3)18(23)8-9-19(20)30-22/h4-9,13-14H,10-12H2,1-3H3,(H,24,25,27)/t13-,14-/m0/s1. The summed E-state index contributed by atoms with van der Waals surface area (Å²) in [6.07, 6.45) is 1.03. The molecule has 2 heterocycles. The molecule has 9 heteroatoms. The van der Waals surface area contributed by atoms with Crippen LogP contribution >= 0.6 is 22.9 Å². The molecule has 2 atom stereocenters. The fourth-order valence-corrected chi connectivity index (χ4v) is 6.81. The number of hydrogen-bond acceptors (Lipinski definition) is 5. The van der Waals surface area contributed by atoms with Gasteiger partial charge in [0.1, 0.15) is 0 Å². The van der Waals surface area contributed by atoms with Gasteiger partial charge in [0.05, 0.1) is 15.1 Å². The number of nitrogens with zero attached hydrogens (tertiary/aromatic N) is 2. The van der Waals surface area contributed by atoms with E-state index in [1.807, 2.05) is 19.1 Å². The van der Waals surface area contributed by atoms with Gasteiger partial charge in [-0.15, -0.1) is 0 Å². The molecule has 1 saturated heterocycles. The van der Waals surface area contributed by atoms with Crippen LogP contribution in [0.4, 0.5) is 5.13 Å². The number of carbonyl (C=O) groups excluding carboxylic acids is 1. The number of rotatable bonds is 4. The molecule has 1 aromatic heterocycles. The average Bonchev–Trinajstić information content (AvgIpc) is 3.13. The molecule has 1 N–H and O–H groups in total. The summed E-state index contributed by atoms with van der Waals surface area (Å²) in [6.45, 7) is 7.08. The molecule has 2 aromatic carbocycles. The Hall–Kier alpha value is -2.00. The number of anilines is 1. The van der Waals surface area contributed by atoms with E-state index in [2.05, 4.69) is 24.1 Å². The molecule has 0 spiro atoms. The van der Waals surface area contributed by atoms with Crippen molar-refractivity contribution in [3.63, 3.8) is 0 Å². The van der Waals surface area contributed by atoms with Gasteiger partial charge in [-0.05, 0) is 67.1 Å². The molecule has 31 heavy (non-hydrogen) atoms. The third-order valence-corrected chi connectivity index (χ3v) is 8.75. The molecular formula is C22H24ClN3O3S2. The first-order valence-electron chi connectivity index (χ1n) is 10.1. The van der Waals surface area contributed by atoms with Crippen LogP contribution in [0.2, 0.25) is 5.02 Å². The SMILES string of the molecule is Cc1c(Cl)ccc2sc(NC(=O)c3ccc(S(=O)(=O)N4C[C@@H](C)C[C@H](C)C4)cc3)nc12. The molecule has 1 aliphatic heterocycles. The quantitative estimate of drug-likeness (QED) is 0.561. The molecule has 1 aliphatic rings. The maximum absolute atomic E-state index is 13.0. The van der Waals surface area contributed by atoms with Crippen molar-refractivity contribution in [2.45, 2.75) is 32.1 Å². The van der Waals surface area contributed by atoms with E-state index in [-0.39, 0.29) is 10.8 Å². The predicted molar refractivity (Wildman–Crippen MR) is 125 cm³/mol. The molecular weight excluding hydrogens is 454 g/mol. The number of benzene rings is 2. The van der Waals surface area contributed by atoms with E-state index in [1.165, 1.54) is 35.6 Å². The van der Waals surface area contributed by atoms with Crippen LogP contribution in [0.5, 0.6) is 0 Å². The highest BCUT2D eigenvalue weighted by molar-refractivity contribution is 7.89. The zero-order valence-electron chi connectivity index (χ0n) is 17.6. The Labute approximate surface area is 191 Å². The average molecular weight is 478 g/mol. The van der Waals surface area contributed by atoms with Crippen molar-refractivity contribution in [1.82, 2.24) is 9.29 Å². The van der Waals surface area contributed by atoms with Crippen molar-refractivity contribution in [2.24, 2.45) is 11.8 Å². The second-order valence-electron chi connectivity index (χ2n) is 8.28. The van der Waals surface area contributed by atoms with Gasteiger partial charge in [-0.25, -0.2) is 13.4 Å². The summed E-state index contributed by atoms with van der Waals surface area (Å²) in [4.78, 5) is 17.3. The minimum atomic E-state index is -3.58. The van der Waals surface area contributed by atoms with Crippen LogP contribution in [0.3, 0.4) is 0 Å². The molecule has 0 unspecified atom stereocenters. The second-order valence-corrected chi connectivity index (χ2v) is 11.7. The summed E-state index contributed by atoms with van der Waals surface area (Å²) in [6, 6.07) is 9.75. The number of aryl methyl sites for hydroxylation is 1. The number of halogens is 1. The number of piperidine rings is 1. The lowest BCUT2D eigenvalue weighted by atomic mass is 9.94. The number of hydrogen-bond donors (Lipinski definition) is 1. The number of fused-ring (bicyclic) bond motifs is 1. The minimum Gasteiger partial charge on any atom is -0.298 e. The maximum atomic E-state index is 13.0. The Morgan fingerprint density at radius 3 is 2.42 bits per heavy atom. The third-order valence-electron chi connectivity index (χ3n) is 5.56. The largest absolute Gasteiger partial charge is 0.298 e. The summed E-state index contributed by atoms with van der Waals surface area (Å²) >= 11 is 7.51. The van der Waals surface area contributed by atoms with E-state index in [0.29, 0.717) is 40.6 Å². The molecule has 0 aliphatic carbocycles. The minimum absolute atomic E-state index is 0.204. The Bertz CT molecular complexity index is 1230. The van der Waals surface area contributed by atoms with Gasteiger partial charge in [-0.1, -0.05) is 36.8 Å². The molecule has 0 radical (unpaired) electrons. The molecule has 0 saturated carbocycles. The Morgan fingerprint density at radius 2 is 1.77 bits per heavy atom. The van der Waals surface area contributed by atoms with Crippen LogP contribution in [0.1, 0.15) is 36.2 Å². The van der Waals surface area contributed by atoms with Crippen LogP contribution < -0.4 is 5.32 Å². The van der Waals surface area contributed by atoms with E-state index >= 15 is 0 Å². The van der Waals surface area contributed by atoms with Gasteiger partial charge in [0.25, 0.3) is 5.91 Å². The van der Waals surface area contributed by atoms with E-state index in [0.717, 1.165) is 22.2 Å². The first-order valence-corrected chi connectivity index (χ1v) is 12.8. The third kappa shape index (κ3) is 4.48. The lowest BCUT2D eigenvalue weighted by Gasteiger charge is -2.34. The summed E-state index contributed by atoms with van der Waals surface area (Å²) in [5, 5.41) is 3.89. The first kappa shape index (κ1) is 22.2. The number of aromatic nitrogens is 1. The van der Waals surface area contributed by atoms with Gasteiger partial charge in [0.15, 0.2) is 5.13 Å². The fourth-order valence-electron chi connectivity index (χ4n) is 4.05. The zero-order chi connectivity index (χ0) is 22.3. The second kappa shape index (κ2) is 8.50. The highest BCUT2D eigenvalue weighted by Crippen LogP contribution is 2.32. The smallest absolute Gasteiger partial charge is 0.257 e. The molecule has 4 rings (SSSR count). The predicted octanol–water partition coefficient (Wildman–Crippen LogP) is 5.18. The summed E-state index contributed by atoms with van der Waals surface area (Å²) in [5.41, 5.74) is 2.00. The van der Waals surface area contributed by atoms with Crippen LogP contribution in [-0.4, -0.2) is 36.7 Å². The van der Waals surface area contributed by atoms with E-state index in [4.69, 9.17) is 11.6 Å². The van der Waals surface area contributed by atoms with Gasteiger partial charge in [-0.3, -0.25) is 10.1 Å². The molecule has 3 aromatic rings. The van der Waals surface area contributed by atoms with E-state index in [1.54, 1.807) is 4.31 Å². The number of amides is 1. The van der Waals surface area contributed by atoms with E-state index < -0.39 is 10.0 Å². The first-order chi connectivity index (χ1) is 14.6. The zero-order valence-corrected chi connectivity index (χ0v) is 19.9. The normalized spacial score (nSPS) is 20.1. The van der Waals surface area contributed by atoms with Crippen LogP contribution in [0, 0.1) is 18.8 Å². The van der Waals surface area contributed by atoms with Crippen molar-refractivity contribution >= 4 is 54.2 Å². The number of carbonyl (C=O) groups is 1. The highest BCUT2D eigenvalue weighted by Gasteiger charge is 2.31. The highest BCUT2D eigenvalue weighted by atomic mass is 35.5. The number of sulfonamides is 1. The Morgan fingerprint density at radius 1 is 1.13 bits per heavy atom. The van der Waals surface area contributed by atoms with Gasteiger partial charge in [-0.2, -0.15) is 4.31 Å². The van der Waals surface area contributed by atoms with Crippen molar-refractivity contribution in [1.29, 1.82) is 0 Å². The lowest BCUT2D eigenvalue weighted by molar-refractivity contribution is 0.102. The monoisotopic (exact) mass is 477 g/mol. The topological polar surface area (TPSA) is 79.4 Å². The lowest BCUT2D eigenvalue weighted by Crippen LogP contribution is -2.42. The maximum Gasteiger partial charge on any atom is 0.257 e. The molecule has 0 bridgehead atoms. The van der Waals surface area contributed by atoms with Crippen LogP contribution in [0.25, 0.3) is 10.2 Å². The Kier molecular flexibility index (Phi) is 6.09. The number of nitrogens with one attached hydrogen (secondary N) is 1. The van der Waals surface area contributed by atoms with Crippen molar-refractivity contribution < 1.29 is 13.2 Å². The summed E-state index contributed by atoms with van der Waals surface area (Å²) in [7, 11) is -3.58. The summed E-state index contributed by atoms with van der Waals surface area (Å²) < 4.78 is 28.5. The summed E-state index contributed by atoms with van der Waals surface area (Å²) in [5.74, 6) is 0.318. The molecule has 1 amide bonds. The fraction of sp³-hybridized carbons (Fsp3) is 0.364. The van der Waals surface area contributed by atoms with Gasteiger partial charge in [0.2, 0.25) is 10.0 Å². The van der Waals surface area contributed by atoms with Gasteiger partial charge < -0.3 is 0 Å². The van der Waals surface area contributed by atoms with Crippen LogP contribution in [-0.2, 0) is 10.0 Å². The number of thiazole rings is 1. The molecule has 1 fully saturated rings. The van der Waals surface area contributed by atoms with Crippen molar-refractivity contribution in [2.75, 3.05) is 18.4 Å². The van der Waals surface area contributed by atoms with E-state index in [9.17, 15) is 13.2 Å². The van der Waals surface area contributed by atoms with Gasteiger partial charge in [0, 0.05) is 23.7 Å². The molecule has 6 nitrogen and oxygen atoms in total. The van der Waals surface area contributed by atoms with Crippen molar-refractivity contribution in [3.05, 3.63) is 52.5 Å². The van der Waals surface area contributed by atoms with Crippen LogP contribution in [0.15, 0.2) is 41.3 Å². The Balaban J connectivity index is 1.51. The van der Waals surface area contributed by atoms with Crippen molar-refractivity contribution in [3.8, 4) is 0 Å². The van der Waals surface area contributed by atoms with Gasteiger partial charge >= 0.3 is 0 Å². The molecule has 164 valence electrons.